The van der Waals surface area contributed by atoms with E-state index in [2.05, 4.69) is 131 Å². The van der Waals surface area contributed by atoms with E-state index in [1.807, 2.05) is 96.1 Å². The van der Waals surface area contributed by atoms with Crippen molar-refractivity contribution in [2.24, 2.45) is 0 Å². The third kappa shape index (κ3) is 20.5. The molecule has 0 saturated heterocycles. The molecule has 0 fully saturated rings. The second-order valence-corrected chi connectivity index (χ2v) is 33.3. The Kier molecular flexibility index (Phi) is 31.6. The van der Waals surface area contributed by atoms with E-state index in [-0.39, 0.29) is 157 Å². The maximum Gasteiger partial charge on any atom is 3.00 e. The fraction of sp³-hybridized carbons (Fsp3) is 0.353. The number of hydrogen-bond acceptors (Lipinski definition) is 18. The number of aryl methyl sites for hydroxylation is 12. The average molecular weight is 2010 g/mol. The maximum atomic E-state index is 11.4. The Morgan fingerprint density at radius 2 is 0.359 bits per heavy atom. The number of carboxylic acid groups (broad SMARTS) is 6. The van der Waals surface area contributed by atoms with Crippen molar-refractivity contribution in [1.82, 2.24) is 59.8 Å². The van der Waals surface area contributed by atoms with Crippen LogP contribution in [0, 0.1) is 121 Å². The third-order valence-corrected chi connectivity index (χ3v) is 26.0. The molecular formula is C102H108Gd2N12O12. The van der Waals surface area contributed by atoms with Crippen molar-refractivity contribution in [3.8, 4) is 0 Å². The Labute approximate surface area is 808 Å². The first-order valence-corrected chi connectivity index (χ1v) is 43.7. The Balaban J connectivity index is 0.000000185. The summed E-state index contributed by atoms with van der Waals surface area (Å²) in [5, 5.41) is 68.5. The summed E-state index contributed by atoms with van der Waals surface area (Å²) in [5.41, 5.74) is 44.8. The molecule has 26 heteroatoms. The van der Waals surface area contributed by atoms with E-state index in [0.29, 0.717) is 17.1 Å². The quantitative estimate of drug-likeness (QED) is 0.0327. The average Bonchev–Trinajstić information content (AvgIpc) is 1.62. The molecule has 24 nitrogen and oxygen atoms in total. The normalized spacial score (nSPS) is 13.1. The van der Waals surface area contributed by atoms with Gasteiger partial charge in [0.05, 0.1) is 68.3 Å². The van der Waals surface area contributed by atoms with E-state index in [0.717, 1.165) is 273 Å². The van der Waals surface area contributed by atoms with Crippen LogP contribution >= 0.6 is 0 Å². The van der Waals surface area contributed by atoms with Gasteiger partial charge in [-0.25, -0.2) is 29.9 Å². The summed E-state index contributed by atoms with van der Waals surface area (Å²) in [6, 6.07) is 24.3. The van der Waals surface area contributed by atoms with Gasteiger partial charge < -0.3 is 89.3 Å². The van der Waals surface area contributed by atoms with E-state index >= 15 is 0 Å². The standard InChI is InChI=1S/3C34H38N4O4.2Gd/c3*1-7-21-17(3)25-13-26-19(5)23(9-11-33(39)40)31(37-26)16-32-24(10-12-34(41)42)20(6)28(38-32)15-30-22(8-2)18(4)27(36-30)14-29(21)35-25;;/h3*13-16,35,38H,7-12H2,1-6H3,(H,39,40)(H,41,42);;/q;;;2*+3/p-6. The number of fused-ring (bicyclic) bond motifs is 24. The number of aliphatic carboxylic acids is 6. The first kappa shape index (κ1) is 97.9. The third-order valence-electron chi connectivity index (χ3n) is 26.0. The van der Waals surface area contributed by atoms with Gasteiger partial charge in [-0.3, -0.25) is 0 Å². The van der Waals surface area contributed by atoms with Crippen molar-refractivity contribution >= 4 is 169 Å². The molecule has 6 aliphatic heterocycles. The number of rotatable bonds is 24. The fourth-order valence-electron chi connectivity index (χ4n) is 18.6. The summed E-state index contributed by atoms with van der Waals surface area (Å²) >= 11 is 0. The molecule has 0 unspecified atom stereocenters. The zero-order valence-corrected chi connectivity index (χ0v) is 80.5. The summed E-state index contributed by atoms with van der Waals surface area (Å²) in [6.45, 7) is 37.2. The zero-order valence-electron chi connectivity index (χ0n) is 75.9. The number of aromatic nitrogens is 12. The van der Waals surface area contributed by atoms with Crippen LogP contribution in [0.15, 0.2) is 72.8 Å². The number of hydrogen-bond donors (Lipinski definition) is 6. The number of allylic oxidation sites excluding steroid dienone is 12. The van der Waals surface area contributed by atoms with Crippen molar-refractivity contribution in [1.29, 1.82) is 0 Å². The molecule has 0 atom stereocenters. The predicted octanol–water partition coefficient (Wildman–Crippen LogP) is 14.9. The van der Waals surface area contributed by atoms with Crippen molar-refractivity contribution in [2.45, 2.75) is 240 Å². The summed E-state index contributed by atoms with van der Waals surface area (Å²) < 4.78 is 0. The number of H-pyrrole nitrogens is 6. The van der Waals surface area contributed by atoms with Crippen LogP contribution in [-0.4, -0.2) is 95.6 Å². The van der Waals surface area contributed by atoms with Crippen LogP contribution in [0.1, 0.15) is 295 Å². The van der Waals surface area contributed by atoms with Crippen molar-refractivity contribution in [2.75, 3.05) is 0 Å². The van der Waals surface area contributed by atoms with Gasteiger partial charge >= 0.3 is 79.9 Å². The van der Waals surface area contributed by atoms with Crippen LogP contribution in [0.5, 0.6) is 0 Å². The van der Waals surface area contributed by atoms with Crippen molar-refractivity contribution < 1.29 is 139 Å². The van der Waals surface area contributed by atoms with Gasteiger partial charge in [0.1, 0.15) is 0 Å². The van der Waals surface area contributed by atoms with Gasteiger partial charge in [-0.15, -0.1) is 0 Å². The van der Waals surface area contributed by atoms with Gasteiger partial charge in [0.2, 0.25) is 0 Å². The van der Waals surface area contributed by atoms with Gasteiger partial charge in [0, 0.05) is 102 Å². The summed E-state index contributed by atoms with van der Waals surface area (Å²) in [5.74, 6) is -6.72. The second kappa shape index (κ2) is 41.4. The number of carboxylic acids is 6. The van der Waals surface area contributed by atoms with E-state index in [1.54, 1.807) is 0 Å². The Hall–Kier alpha value is -10.7. The van der Waals surface area contributed by atoms with Crippen molar-refractivity contribution in [3.63, 3.8) is 0 Å². The molecule has 6 aliphatic rings. The molecule has 664 valence electrons. The topological polar surface area (TPSA) is 413 Å². The first-order valence-electron chi connectivity index (χ1n) is 43.7. The van der Waals surface area contributed by atoms with Crippen LogP contribution in [0.25, 0.3) is 133 Å². The summed E-state index contributed by atoms with van der Waals surface area (Å²) in [4.78, 5) is 120. The minimum Gasteiger partial charge on any atom is -0.550 e. The van der Waals surface area contributed by atoms with Crippen LogP contribution in [0.2, 0.25) is 0 Å². The van der Waals surface area contributed by atoms with Crippen LogP contribution in [-0.2, 0) is 67.3 Å². The Morgan fingerprint density at radius 1 is 0.211 bits per heavy atom. The molecule has 0 spiro atoms. The molecule has 15 heterocycles. The van der Waals surface area contributed by atoms with E-state index in [9.17, 15) is 59.4 Å². The van der Waals surface area contributed by atoms with Crippen molar-refractivity contribution in [3.05, 3.63) is 208 Å². The van der Waals surface area contributed by atoms with E-state index in [1.165, 1.54) is 16.7 Å². The maximum absolute atomic E-state index is 11.4. The van der Waals surface area contributed by atoms with Crippen LogP contribution < -0.4 is 30.6 Å². The fourth-order valence-corrected chi connectivity index (χ4v) is 18.6. The van der Waals surface area contributed by atoms with E-state index < -0.39 is 35.8 Å². The van der Waals surface area contributed by atoms with Gasteiger partial charge in [-0.05, 0) is 405 Å². The molecule has 0 amide bonds. The molecule has 0 aliphatic carbocycles. The Morgan fingerprint density at radius 3 is 0.547 bits per heavy atom. The molecule has 15 rings (SSSR count). The van der Waals surface area contributed by atoms with Crippen LogP contribution in [0.4, 0.5) is 0 Å². The zero-order chi connectivity index (χ0) is 90.9. The summed E-state index contributed by atoms with van der Waals surface area (Å²) in [6.07, 6.45) is 5.94. The number of nitrogens with zero attached hydrogens (tertiary/aromatic N) is 6. The molecule has 128 heavy (non-hydrogen) atoms. The van der Waals surface area contributed by atoms with Gasteiger partial charge in [0.25, 0.3) is 0 Å². The Bertz CT molecular complexity index is 6220. The number of carbonyl (C=O) groups is 6. The van der Waals surface area contributed by atoms with Gasteiger partial charge in [0.15, 0.2) is 0 Å². The predicted molar refractivity (Wildman–Crippen MR) is 488 cm³/mol. The number of carbonyl (C=O) groups excluding carboxylic acids is 6. The molecule has 24 bridgehead atoms. The van der Waals surface area contributed by atoms with Gasteiger partial charge in [-0.1, -0.05) is 41.5 Å². The minimum absolute atomic E-state index is 0. The number of nitrogens with one attached hydrogen (secondary N) is 6. The molecule has 9 aromatic rings. The molecule has 0 aromatic carbocycles. The SMILES string of the molecule is CCC1=C(C)c2cc3[nH]c(cc4nc(cc5[nH]c(cc1n2)c(C)c5CCC(=O)[O-])C(CCC(=O)[O-])=C4C)c(C)c3CC.CCC1=C(C)c2cc3[nH]c(cc4nc(cc5[nH]c(cc1n2)c(C)c5CCC(=O)[O-])C(CCC(=O)[O-])=C4C)c(C)c3CC.CCC1=C(C)c2cc3[nH]c(cc4nc(cc5[nH]c(cc1n2)c(C)c5CCC(=O)[O-])C(CCC(=O)[O-])=C4C)c(C)c3CC.[Gd+3].[Gd+3]. The molecule has 6 N–H and O–H groups in total. The first-order chi connectivity index (χ1) is 60.0. The number of aromatic amines is 6. The molecule has 0 saturated carbocycles. The second-order valence-electron chi connectivity index (χ2n) is 33.3. The molecule has 2 radical (unpaired) electrons. The van der Waals surface area contributed by atoms with Crippen LogP contribution in [0.3, 0.4) is 0 Å². The monoisotopic (exact) mass is 2010 g/mol. The van der Waals surface area contributed by atoms with E-state index in [4.69, 9.17) is 29.9 Å². The molecule has 9 aromatic heterocycles. The summed E-state index contributed by atoms with van der Waals surface area (Å²) in [7, 11) is 0. The largest absolute Gasteiger partial charge is 3.00 e. The minimum atomic E-state index is -1.12. The van der Waals surface area contributed by atoms with Gasteiger partial charge in [-0.2, -0.15) is 0 Å². The smallest absolute Gasteiger partial charge is 0.550 e. The molecular weight excluding hydrogens is 1900 g/mol.